The molecule has 0 radical (unpaired) electrons. The fourth-order valence-electron chi connectivity index (χ4n) is 2.56. The van der Waals surface area contributed by atoms with E-state index in [-0.39, 0.29) is 17.2 Å². The first kappa shape index (κ1) is 22.0. The minimum absolute atomic E-state index is 0.0239. The van der Waals surface area contributed by atoms with Crippen LogP contribution in [0.25, 0.3) is 0 Å². The van der Waals surface area contributed by atoms with Crippen molar-refractivity contribution in [2.75, 3.05) is 13.2 Å². The summed E-state index contributed by atoms with van der Waals surface area (Å²) in [6.07, 6.45) is 3.60. The molecule has 1 aliphatic heterocycles. The van der Waals surface area contributed by atoms with Crippen LogP contribution in [0.3, 0.4) is 0 Å². The first-order valence-electron chi connectivity index (χ1n) is 9.32. The van der Waals surface area contributed by atoms with Gasteiger partial charge in [-0.1, -0.05) is 20.8 Å². The molecule has 0 spiro atoms. The van der Waals surface area contributed by atoms with Crippen LogP contribution in [-0.4, -0.2) is 44.1 Å². The van der Waals surface area contributed by atoms with E-state index < -0.39 is 13.9 Å². The first-order chi connectivity index (χ1) is 11.3. The highest BCUT2D eigenvalue weighted by Gasteiger charge is 2.39. The van der Waals surface area contributed by atoms with Gasteiger partial charge >= 0.3 is 6.09 Å². The SMILES string of the molecule is CC=C=C(CO[Si](C)(C)C(C)(C)C)C1CCCN1C(=O)OC(C)(C)C. The van der Waals surface area contributed by atoms with Gasteiger partial charge in [0, 0.05) is 12.1 Å². The molecule has 0 bridgehead atoms. The van der Waals surface area contributed by atoms with Crippen LogP contribution in [0, 0.1) is 0 Å². The maximum Gasteiger partial charge on any atom is 0.410 e. The Labute approximate surface area is 155 Å². The van der Waals surface area contributed by atoms with E-state index in [1.165, 1.54) is 0 Å². The van der Waals surface area contributed by atoms with Crippen molar-refractivity contribution in [2.24, 2.45) is 0 Å². The van der Waals surface area contributed by atoms with E-state index in [4.69, 9.17) is 9.16 Å². The molecule has 1 heterocycles. The van der Waals surface area contributed by atoms with Gasteiger partial charge in [-0.15, -0.1) is 5.73 Å². The third kappa shape index (κ3) is 6.32. The number of ether oxygens (including phenoxy) is 1. The number of carbonyl (C=O) groups is 1. The fourth-order valence-corrected chi connectivity index (χ4v) is 3.51. The van der Waals surface area contributed by atoms with Crippen molar-refractivity contribution in [1.82, 2.24) is 4.90 Å². The number of likely N-dealkylation sites (tertiary alicyclic amines) is 1. The molecule has 0 aromatic heterocycles. The molecule has 1 fully saturated rings. The van der Waals surface area contributed by atoms with Crippen LogP contribution in [0.2, 0.25) is 18.1 Å². The average molecular weight is 368 g/mol. The van der Waals surface area contributed by atoms with Crippen molar-refractivity contribution in [3.05, 3.63) is 17.4 Å². The van der Waals surface area contributed by atoms with Crippen LogP contribution in [0.5, 0.6) is 0 Å². The number of carbonyl (C=O) groups excluding carboxylic acids is 1. The van der Waals surface area contributed by atoms with Crippen LogP contribution in [0.4, 0.5) is 4.79 Å². The van der Waals surface area contributed by atoms with Gasteiger partial charge in [0.05, 0.1) is 12.6 Å². The Morgan fingerprint density at radius 1 is 1.24 bits per heavy atom. The van der Waals surface area contributed by atoms with Crippen molar-refractivity contribution in [2.45, 2.75) is 91.1 Å². The predicted molar refractivity (Wildman–Crippen MR) is 106 cm³/mol. The fraction of sp³-hybridized carbons (Fsp3) is 0.800. The Hall–Kier alpha value is -1.03. The Morgan fingerprint density at radius 2 is 1.84 bits per heavy atom. The third-order valence-electron chi connectivity index (χ3n) is 5.01. The van der Waals surface area contributed by atoms with Crippen molar-refractivity contribution >= 4 is 14.4 Å². The summed E-state index contributed by atoms with van der Waals surface area (Å²) in [7, 11) is -1.84. The number of hydrogen-bond acceptors (Lipinski definition) is 3. The van der Waals surface area contributed by atoms with Gasteiger partial charge < -0.3 is 14.1 Å². The molecule has 0 saturated carbocycles. The molecule has 1 amide bonds. The van der Waals surface area contributed by atoms with Crippen LogP contribution >= 0.6 is 0 Å². The maximum atomic E-state index is 12.6. The van der Waals surface area contributed by atoms with Gasteiger partial charge in [-0.2, -0.15) is 0 Å². The van der Waals surface area contributed by atoms with Gasteiger partial charge in [0.2, 0.25) is 0 Å². The van der Waals surface area contributed by atoms with Gasteiger partial charge in [-0.3, -0.25) is 0 Å². The van der Waals surface area contributed by atoms with Crippen molar-refractivity contribution in [3.63, 3.8) is 0 Å². The second-order valence-corrected chi connectivity index (χ2v) is 14.1. The molecular formula is C20H37NO3Si. The third-order valence-corrected chi connectivity index (χ3v) is 9.49. The molecule has 144 valence electrons. The monoisotopic (exact) mass is 367 g/mol. The first-order valence-corrected chi connectivity index (χ1v) is 12.2. The van der Waals surface area contributed by atoms with Crippen molar-refractivity contribution in [3.8, 4) is 0 Å². The number of nitrogens with zero attached hydrogens (tertiary/aromatic N) is 1. The van der Waals surface area contributed by atoms with Crippen LogP contribution < -0.4 is 0 Å². The Morgan fingerprint density at radius 3 is 2.32 bits per heavy atom. The zero-order chi connectivity index (χ0) is 19.5. The van der Waals surface area contributed by atoms with Gasteiger partial charge in [0.25, 0.3) is 0 Å². The highest BCUT2D eigenvalue weighted by molar-refractivity contribution is 6.74. The number of hydrogen-bond donors (Lipinski definition) is 0. The Kier molecular flexibility index (Phi) is 7.14. The lowest BCUT2D eigenvalue weighted by Crippen LogP contribution is -2.44. The minimum Gasteiger partial charge on any atom is -0.444 e. The smallest absolute Gasteiger partial charge is 0.410 e. The van der Waals surface area contributed by atoms with E-state index in [0.29, 0.717) is 6.61 Å². The molecule has 5 heteroatoms. The van der Waals surface area contributed by atoms with E-state index in [2.05, 4.69) is 39.6 Å². The Balaban J connectivity index is 2.92. The molecular weight excluding hydrogens is 330 g/mol. The molecule has 0 aliphatic carbocycles. The largest absolute Gasteiger partial charge is 0.444 e. The van der Waals surface area contributed by atoms with Gasteiger partial charge in [-0.25, -0.2) is 4.79 Å². The zero-order valence-electron chi connectivity index (χ0n) is 17.7. The topological polar surface area (TPSA) is 38.8 Å². The van der Waals surface area contributed by atoms with E-state index in [9.17, 15) is 4.79 Å². The summed E-state index contributed by atoms with van der Waals surface area (Å²) >= 11 is 0. The molecule has 4 nitrogen and oxygen atoms in total. The second-order valence-electron chi connectivity index (χ2n) is 9.34. The molecule has 1 unspecified atom stereocenters. The lowest BCUT2D eigenvalue weighted by molar-refractivity contribution is 0.0244. The van der Waals surface area contributed by atoms with Gasteiger partial charge in [0.1, 0.15) is 5.60 Å². The highest BCUT2D eigenvalue weighted by Crippen LogP contribution is 2.37. The summed E-state index contributed by atoms with van der Waals surface area (Å²) in [6, 6.07) is 0.0239. The van der Waals surface area contributed by atoms with Gasteiger partial charge in [0.15, 0.2) is 8.32 Å². The number of rotatable bonds is 4. The molecule has 1 atom stereocenters. The molecule has 0 aromatic carbocycles. The Bertz CT molecular complexity index is 534. The van der Waals surface area contributed by atoms with E-state index in [0.717, 1.165) is 25.0 Å². The standard InChI is InChI=1S/C20H37NO3Si/c1-10-12-16(15-23-25(8,9)20(5,6)7)17-13-11-14-21(17)18(22)24-19(2,3)4/h10,17H,11,13-15H2,1-9H3. The summed E-state index contributed by atoms with van der Waals surface area (Å²) in [5.41, 5.74) is 3.91. The lowest BCUT2D eigenvalue weighted by Gasteiger charge is -2.37. The van der Waals surface area contributed by atoms with Crippen molar-refractivity contribution < 1.29 is 14.0 Å². The second kappa shape index (κ2) is 8.11. The molecule has 1 rings (SSSR count). The van der Waals surface area contributed by atoms with E-state index in [1.807, 2.05) is 38.7 Å². The predicted octanol–water partition coefficient (Wildman–Crippen LogP) is 5.51. The minimum atomic E-state index is -1.84. The zero-order valence-corrected chi connectivity index (χ0v) is 18.7. The van der Waals surface area contributed by atoms with Crippen molar-refractivity contribution in [1.29, 1.82) is 0 Å². The van der Waals surface area contributed by atoms with Crippen LogP contribution in [-0.2, 0) is 9.16 Å². The molecule has 0 aromatic rings. The lowest BCUT2D eigenvalue weighted by atomic mass is 10.1. The average Bonchev–Trinajstić information content (AvgIpc) is 2.89. The molecule has 1 saturated heterocycles. The summed E-state index contributed by atoms with van der Waals surface area (Å²) in [5, 5.41) is 0.161. The van der Waals surface area contributed by atoms with Crippen LogP contribution in [0.1, 0.15) is 61.3 Å². The quantitative estimate of drug-likeness (QED) is 0.486. The summed E-state index contributed by atoms with van der Waals surface area (Å²) in [6.45, 7) is 20.1. The maximum absolute atomic E-state index is 12.6. The highest BCUT2D eigenvalue weighted by atomic mass is 28.4. The summed E-state index contributed by atoms with van der Waals surface area (Å²) < 4.78 is 12.0. The normalized spacial score (nSPS) is 18.8. The summed E-state index contributed by atoms with van der Waals surface area (Å²) in [4.78, 5) is 14.4. The van der Waals surface area contributed by atoms with Crippen LogP contribution in [0.15, 0.2) is 17.4 Å². The summed E-state index contributed by atoms with van der Waals surface area (Å²) in [5.74, 6) is 0. The molecule has 25 heavy (non-hydrogen) atoms. The molecule has 1 aliphatic rings. The number of amides is 1. The molecule has 0 N–H and O–H groups in total. The van der Waals surface area contributed by atoms with E-state index >= 15 is 0 Å². The van der Waals surface area contributed by atoms with E-state index in [1.54, 1.807) is 0 Å². The van der Waals surface area contributed by atoms with Gasteiger partial charge in [-0.05, 0) is 64.7 Å².